The summed E-state index contributed by atoms with van der Waals surface area (Å²) in [6.07, 6.45) is 2.80. The molecular formula is C17H31IN4O3S. The molecule has 0 amide bonds. The summed E-state index contributed by atoms with van der Waals surface area (Å²) < 4.78 is 28.5. The molecule has 2 rings (SSSR count). The number of rotatable bonds is 8. The van der Waals surface area contributed by atoms with Crippen LogP contribution < -0.4 is 10.6 Å². The van der Waals surface area contributed by atoms with Gasteiger partial charge < -0.3 is 15.2 Å². The first-order valence-electron chi connectivity index (χ1n) is 9.15. The molecule has 0 aliphatic carbocycles. The third kappa shape index (κ3) is 7.05. The molecule has 1 atom stereocenters. The van der Waals surface area contributed by atoms with Gasteiger partial charge in [0.05, 0.1) is 17.2 Å². The van der Waals surface area contributed by atoms with Crippen molar-refractivity contribution in [2.45, 2.75) is 52.5 Å². The van der Waals surface area contributed by atoms with Gasteiger partial charge in [-0.15, -0.1) is 24.0 Å². The number of hydrogen-bond donors (Lipinski definition) is 2. The number of aliphatic imine (C=N–C) groups is 1. The van der Waals surface area contributed by atoms with Crippen molar-refractivity contribution in [3.8, 4) is 0 Å². The Hall–Kier alpha value is -0.840. The van der Waals surface area contributed by atoms with Crippen LogP contribution in [0.4, 0.5) is 0 Å². The fraction of sp³-hybridized carbons (Fsp3) is 0.765. The van der Waals surface area contributed by atoms with Gasteiger partial charge in [0.1, 0.15) is 6.54 Å². The van der Waals surface area contributed by atoms with Crippen LogP contribution in [-0.2, 0) is 16.4 Å². The molecule has 0 aromatic carbocycles. The zero-order valence-electron chi connectivity index (χ0n) is 15.8. The molecule has 7 nitrogen and oxygen atoms in total. The number of hydrogen-bond acceptors (Lipinski definition) is 5. The normalized spacial score (nSPS) is 19.4. The van der Waals surface area contributed by atoms with Gasteiger partial charge in [-0.05, 0) is 32.1 Å². The lowest BCUT2D eigenvalue weighted by Crippen LogP contribution is -2.40. The van der Waals surface area contributed by atoms with E-state index in [-0.39, 0.29) is 35.6 Å². The molecule has 0 saturated carbocycles. The quantitative estimate of drug-likeness (QED) is 0.325. The molecule has 0 spiro atoms. The van der Waals surface area contributed by atoms with Crippen LogP contribution >= 0.6 is 24.0 Å². The Morgan fingerprint density at radius 2 is 2.08 bits per heavy atom. The lowest BCUT2D eigenvalue weighted by Gasteiger charge is -2.13. The van der Waals surface area contributed by atoms with Crippen LogP contribution in [0.25, 0.3) is 0 Å². The maximum atomic E-state index is 11.5. The van der Waals surface area contributed by atoms with Crippen molar-refractivity contribution >= 4 is 39.8 Å². The molecule has 1 aliphatic rings. The Morgan fingerprint density at radius 1 is 1.35 bits per heavy atom. The van der Waals surface area contributed by atoms with Crippen LogP contribution in [0, 0.1) is 5.92 Å². The molecule has 150 valence electrons. The van der Waals surface area contributed by atoms with Crippen molar-refractivity contribution in [3.05, 3.63) is 17.5 Å². The first-order valence-corrected chi connectivity index (χ1v) is 11.0. The Labute approximate surface area is 173 Å². The van der Waals surface area contributed by atoms with Gasteiger partial charge in [-0.3, -0.25) is 0 Å². The number of guanidine groups is 1. The smallest absolute Gasteiger partial charge is 0.191 e. The van der Waals surface area contributed by atoms with Crippen LogP contribution in [0.1, 0.15) is 57.4 Å². The molecule has 1 aromatic heterocycles. The van der Waals surface area contributed by atoms with E-state index in [1.807, 2.05) is 13.0 Å². The summed E-state index contributed by atoms with van der Waals surface area (Å²) in [7, 11) is -2.85. The third-order valence-corrected chi connectivity index (χ3v) is 6.44. The Morgan fingerprint density at radius 3 is 2.65 bits per heavy atom. The predicted octanol–water partition coefficient (Wildman–Crippen LogP) is 2.69. The fourth-order valence-electron chi connectivity index (χ4n) is 3.08. The van der Waals surface area contributed by atoms with Gasteiger partial charge in [-0.25, -0.2) is 13.4 Å². The first kappa shape index (κ1) is 23.2. The van der Waals surface area contributed by atoms with E-state index >= 15 is 0 Å². The molecule has 1 aromatic rings. The van der Waals surface area contributed by atoms with Crippen molar-refractivity contribution in [2.75, 3.05) is 24.6 Å². The first-order chi connectivity index (χ1) is 12.0. The number of nitrogens with zero attached hydrogens (tertiary/aromatic N) is 2. The largest absolute Gasteiger partial charge is 0.359 e. The van der Waals surface area contributed by atoms with Gasteiger partial charge in [-0.1, -0.05) is 19.0 Å². The van der Waals surface area contributed by atoms with Gasteiger partial charge in [0.15, 0.2) is 21.6 Å². The van der Waals surface area contributed by atoms with Crippen LogP contribution in [0.15, 0.2) is 15.6 Å². The molecule has 1 saturated heterocycles. The minimum Gasteiger partial charge on any atom is -0.359 e. The SMILES string of the molecule is CCNC(=NCc1cc(C(CC)CC)no1)NCC1CCS(=O)(=O)C1.I. The number of sulfone groups is 1. The van der Waals surface area contributed by atoms with Gasteiger partial charge in [0.2, 0.25) is 0 Å². The summed E-state index contributed by atoms with van der Waals surface area (Å²) in [5.74, 6) is 2.55. The van der Waals surface area contributed by atoms with Crippen molar-refractivity contribution in [2.24, 2.45) is 10.9 Å². The lowest BCUT2D eigenvalue weighted by atomic mass is 9.99. The van der Waals surface area contributed by atoms with Crippen molar-refractivity contribution in [3.63, 3.8) is 0 Å². The standard InChI is InChI=1S/C17H30N4O3S.HI/c1-4-14(5-2)16-9-15(24-21-16)11-20-17(18-6-3)19-10-13-7-8-25(22,23)12-13;/h9,13-14H,4-8,10-12H2,1-3H3,(H2,18,19,20);1H. The highest BCUT2D eigenvalue weighted by atomic mass is 127. The topological polar surface area (TPSA) is 96.6 Å². The minimum absolute atomic E-state index is 0. The summed E-state index contributed by atoms with van der Waals surface area (Å²) in [4.78, 5) is 4.52. The van der Waals surface area contributed by atoms with E-state index in [0.717, 1.165) is 37.3 Å². The average Bonchev–Trinajstić information content (AvgIpc) is 3.18. The highest BCUT2D eigenvalue weighted by Gasteiger charge is 2.27. The average molecular weight is 498 g/mol. The number of halogens is 1. The summed E-state index contributed by atoms with van der Waals surface area (Å²) in [6.45, 7) is 8.06. The minimum atomic E-state index is -2.85. The highest BCUT2D eigenvalue weighted by Crippen LogP contribution is 2.22. The van der Waals surface area contributed by atoms with Gasteiger partial charge in [0, 0.05) is 25.1 Å². The van der Waals surface area contributed by atoms with Crippen LogP contribution in [0.2, 0.25) is 0 Å². The Bertz CT molecular complexity index is 671. The van der Waals surface area contributed by atoms with E-state index in [1.54, 1.807) is 0 Å². The third-order valence-electron chi connectivity index (χ3n) is 4.60. The molecule has 1 unspecified atom stereocenters. The highest BCUT2D eigenvalue weighted by molar-refractivity contribution is 14.0. The fourth-order valence-corrected chi connectivity index (χ4v) is 4.94. The Balaban J connectivity index is 0.00000338. The molecule has 26 heavy (non-hydrogen) atoms. The summed E-state index contributed by atoms with van der Waals surface area (Å²) in [5.41, 5.74) is 0.990. The van der Waals surface area contributed by atoms with Crippen molar-refractivity contribution in [1.82, 2.24) is 15.8 Å². The van der Waals surface area contributed by atoms with E-state index in [0.29, 0.717) is 30.7 Å². The second-order valence-corrected chi connectivity index (χ2v) is 8.81. The predicted molar refractivity (Wildman–Crippen MR) is 115 cm³/mol. The zero-order valence-corrected chi connectivity index (χ0v) is 19.0. The van der Waals surface area contributed by atoms with Gasteiger partial charge in [0.25, 0.3) is 0 Å². The second kappa shape index (κ2) is 11.1. The van der Waals surface area contributed by atoms with E-state index in [9.17, 15) is 8.42 Å². The van der Waals surface area contributed by atoms with Gasteiger partial charge >= 0.3 is 0 Å². The Kier molecular flexibility index (Phi) is 9.91. The lowest BCUT2D eigenvalue weighted by molar-refractivity contribution is 0.372. The maximum Gasteiger partial charge on any atom is 0.191 e. The maximum absolute atomic E-state index is 11.5. The molecule has 2 heterocycles. The molecule has 1 aliphatic heterocycles. The monoisotopic (exact) mass is 498 g/mol. The van der Waals surface area contributed by atoms with Crippen LogP contribution in [-0.4, -0.2) is 44.1 Å². The molecule has 1 fully saturated rings. The summed E-state index contributed by atoms with van der Waals surface area (Å²) in [6, 6.07) is 1.98. The summed E-state index contributed by atoms with van der Waals surface area (Å²) in [5, 5.41) is 10.6. The van der Waals surface area contributed by atoms with E-state index in [1.165, 1.54) is 0 Å². The van der Waals surface area contributed by atoms with Crippen molar-refractivity contribution in [1.29, 1.82) is 0 Å². The van der Waals surface area contributed by atoms with Crippen LogP contribution in [0.5, 0.6) is 0 Å². The molecule has 0 bridgehead atoms. The molecule has 9 heteroatoms. The molecular weight excluding hydrogens is 467 g/mol. The molecule has 0 radical (unpaired) electrons. The van der Waals surface area contributed by atoms with Gasteiger partial charge in [-0.2, -0.15) is 0 Å². The van der Waals surface area contributed by atoms with Crippen molar-refractivity contribution < 1.29 is 12.9 Å². The van der Waals surface area contributed by atoms with Crippen LogP contribution in [0.3, 0.4) is 0 Å². The van der Waals surface area contributed by atoms with E-state index in [4.69, 9.17) is 4.52 Å². The number of nitrogens with one attached hydrogen (secondary N) is 2. The zero-order chi connectivity index (χ0) is 18.3. The summed E-state index contributed by atoms with van der Waals surface area (Å²) >= 11 is 0. The molecule has 2 N–H and O–H groups in total. The number of aromatic nitrogens is 1. The second-order valence-electron chi connectivity index (χ2n) is 6.58. The van der Waals surface area contributed by atoms with E-state index < -0.39 is 9.84 Å². The van der Waals surface area contributed by atoms with E-state index in [2.05, 4.69) is 34.6 Å².